The van der Waals surface area contributed by atoms with Crippen LogP contribution < -0.4 is 5.43 Å². The number of carbonyl (C=O) groups is 1. The molecule has 3 rings (SSSR count). The van der Waals surface area contributed by atoms with E-state index in [0.717, 1.165) is 0 Å². The first-order valence-corrected chi connectivity index (χ1v) is 6.85. The van der Waals surface area contributed by atoms with Gasteiger partial charge in [-0.2, -0.15) is 0 Å². The van der Waals surface area contributed by atoms with Gasteiger partial charge in [0, 0.05) is 17.5 Å². The first-order valence-electron chi connectivity index (χ1n) is 6.85. The van der Waals surface area contributed by atoms with Crippen molar-refractivity contribution in [2.45, 2.75) is 6.42 Å². The Kier molecular flexibility index (Phi) is 3.72. The molecule has 6 nitrogen and oxygen atoms in total. The van der Waals surface area contributed by atoms with E-state index < -0.39 is 16.0 Å². The Hall–Kier alpha value is -3.28. The molecule has 0 saturated carbocycles. The maximum Gasteiger partial charge on any atom is 0.359 e. The molecular weight excluding hydrogens is 298 g/mol. The van der Waals surface area contributed by atoms with Crippen molar-refractivity contribution in [1.29, 1.82) is 0 Å². The maximum absolute atomic E-state index is 12.5. The van der Waals surface area contributed by atoms with Gasteiger partial charge in [0.2, 0.25) is 5.76 Å². The Morgan fingerprint density at radius 1 is 1.09 bits per heavy atom. The van der Waals surface area contributed by atoms with Crippen molar-refractivity contribution in [3.63, 3.8) is 0 Å². The predicted molar refractivity (Wildman–Crippen MR) is 84.3 cm³/mol. The second-order valence-electron chi connectivity index (χ2n) is 4.90. The fraction of sp³-hybridized carbons (Fsp3) is 0.0588. The van der Waals surface area contributed by atoms with E-state index in [1.165, 1.54) is 6.07 Å². The lowest BCUT2D eigenvalue weighted by atomic mass is 10.1. The van der Waals surface area contributed by atoms with E-state index in [1.807, 2.05) is 0 Å². The van der Waals surface area contributed by atoms with Crippen molar-refractivity contribution in [3.05, 3.63) is 74.4 Å². The summed E-state index contributed by atoms with van der Waals surface area (Å²) in [4.78, 5) is 34.0. The zero-order valence-corrected chi connectivity index (χ0v) is 11.9. The summed E-state index contributed by atoms with van der Waals surface area (Å²) in [7, 11) is 0. The second kappa shape index (κ2) is 5.84. The number of carbonyl (C=O) groups excluding carboxylic acids is 1. The highest BCUT2D eigenvalue weighted by molar-refractivity contribution is 5.87. The summed E-state index contributed by atoms with van der Waals surface area (Å²) in [5.74, 6) is -0.105. The van der Waals surface area contributed by atoms with Gasteiger partial charge in [0.25, 0.3) is 5.43 Å². The molecule has 0 spiro atoms. The largest absolute Gasteiger partial charge is 0.448 e. The molecule has 0 aliphatic carbocycles. The van der Waals surface area contributed by atoms with E-state index in [9.17, 15) is 19.7 Å². The van der Waals surface area contributed by atoms with Crippen LogP contribution in [0.15, 0.2) is 57.7 Å². The molecule has 0 aliphatic rings. The smallest absolute Gasteiger partial charge is 0.359 e. The third-order valence-corrected chi connectivity index (χ3v) is 3.50. The van der Waals surface area contributed by atoms with Crippen molar-refractivity contribution in [2.75, 3.05) is 0 Å². The lowest BCUT2D eigenvalue weighted by molar-refractivity contribution is -0.386. The van der Waals surface area contributed by atoms with E-state index in [-0.39, 0.29) is 23.2 Å². The molecule has 0 atom stereocenters. The Morgan fingerprint density at radius 3 is 2.48 bits per heavy atom. The van der Waals surface area contributed by atoms with Gasteiger partial charge < -0.3 is 9.21 Å². The lowest BCUT2D eigenvalue weighted by Gasteiger charge is -2.07. The van der Waals surface area contributed by atoms with Gasteiger partial charge in [-0.3, -0.25) is 14.9 Å². The fourth-order valence-corrected chi connectivity index (χ4v) is 2.47. The van der Waals surface area contributed by atoms with Gasteiger partial charge in [0.1, 0.15) is 11.9 Å². The van der Waals surface area contributed by atoms with Crippen LogP contribution in [0.4, 0.5) is 5.69 Å². The van der Waals surface area contributed by atoms with Crippen molar-refractivity contribution < 1.29 is 14.1 Å². The fourth-order valence-electron chi connectivity index (χ4n) is 2.47. The number of hydrogen-bond acceptors (Lipinski definition) is 5. The van der Waals surface area contributed by atoms with Crippen LogP contribution in [0.2, 0.25) is 0 Å². The number of nitrogens with zero attached hydrogens (tertiary/aromatic N) is 1. The molecule has 0 radical (unpaired) electrons. The molecule has 3 aromatic rings. The number of rotatable bonds is 4. The minimum atomic E-state index is -0.736. The van der Waals surface area contributed by atoms with Crippen LogP contribution in [-0.4, -0.2) is 11.2 Å². The molecule has 0 unspecified atom stereocenters. The van der Waals surface area contributed by atoms with E-state index in [0.29, 0.717) is 17.4 Å². The molecule has 114 valence electrons. The monoisotopic (exact) mass is 309 g/mol. The van der Waals surface area contributed by atoms with Crippen LogP contribution in [0.1, 0.15) is 5.56 Å². The van der Waals surface area contributed by atoms with Crippen LogP contribution in [0, 0.1) is 10.1 Å². The van der Waals surface area contributed by atoms with E-state index in [2.05, 4.69) is 0 Å². The van der Waals surface area contributed by atoms with Crippen molar-refractivity contribution >= 4 is 22.9 Å². The molecule has 0 amide bonds. The summed E-state index contributed by atoms with van der Waals surface area (Å²) < 4.78 is 5.70. The Labute approximate surface area is 130 Å². The van der Waals surface area contributed by atoms with E-state index in [1.54, 1.807) is 42.5 Å². The third kappa shape index (κ3) is 2.50. The highest BCUT2D eigenvalue weighted by atomic mass is 16.6. The summed E-state index contributed by atoms with van der Waals surface area (Å²) in [6, 6.07) is 13.1. The SMILES string of the molecule is O=CCc1cccc2c(=O)c([N+](=O)[O-])c(-c3ccccc3)oc12. The molecule has 0 saturated heterocycles. The topological polar surface area (TPSA) is 90.4 Å². The third-order valence-electron chi connectivity index (χ3n) is 3.50. The van der Waals surface area contributed by atoms with Crippen LogP contribution >= 0.6 is 0 Å². The number of nitro groups is 1. The van der Waals surface area contributed by atoms with Gasteiger partial charge in [0.05, 0.1) is 10.3 Å². The zero-order valence-electron chi connectivity index (χ0n) is 11.9. The number of para-hydroxylation sites is 1. The van der Waals surface area contributed by atoms with Gasteiger partial charge in [0.15, 0.2) is 0 Å². The highest BCUT2D eigenvalue weighted by Crippen LogP contribution is 2.31. The molecule has 6 heteroatoms. The standard InChI is InChI=1S/C17H11NO5/c19-10-9-12-7-4-8-13-15(20)14(18(21)22)17(23-16(12)13)11-5-2-1-3-6-11/h1-8,10H,9H2. The summed E-state index contributed by atoms with van der Waals surface area (Å²) in [6.45, 7) is 0. The summed E-state index contributed by atoms with van der Waals surface area (Å²) in [6.07, 6.45) is 0.755. The summed E-state index contributed by atoms with van der Waals surface area (Å²) in [5, 5.41) is 11.5. The number of fused-ring (bicyclic) bond motifs is 1. The molecule has 1 heterocycles. The van der Waals surface area contributed by atoms with Crippen LogP contribution in [0.25, 0.3) is 22.3 Å². The molecular formula is C17H11NO5. The molecule has 0 fully saturated rings. The highest BCUT2D eigenvalue weighted by Gasteiger charge is 2.26. The molecule has 0 bridgehead atoms. The number of hydrogen-bond donors (Lipinski definition) is 0. The predicted octanol–water partition coefficient (Wildman–Crippen LogP) is 3.11. The summed E-state index contributed by atoms with van der Waals surface area (Å²) >= 11 is 0. The molecule has 0 aliphatic heterocycles. The van der Waals surface area contributed by atoms with Gasteiger partial charge in [-0.1, -0.05) is 42.5 Å². The Balaban J connectivity index is 2.45. The number of aldehydes is 1. The van der Waals surface area contributed by atoms with Crippen molar-refractivity contribution in [3.8, 4) is 11.3 Å². The average molecular weight is 309 g/mol. The van der Waals surface area contributed by atoms with Gasteiger partial charge in [-0.25, -0.2) is 0 Å². The van der Waals surface area contributed by atoms with Crippen molar-refractivity contribution in [2.24, 2.45) is 0 Å². The number of benzene rings is 2. The Bertz CT molecular complexity index is 960. The first-order chi connectivity index (χ1) is 11.1. The second-order valence-corrected chi connectivity index (χ2v) is 4.90. The Morgan fingerprint density at radius 2 is 1.83 bits per heavy atom. The normalized spacial score (nSPS) is 10.6. The van der Waals surface area contributed by atoms with Crippen molar-refractivity contribution in [1.82, 2.24) is 0 Å². The summed E-state index contributed by atoms with van der Waals surface area (Å²) in [5.41, 5.74) is -0.176. The van der Waals surface area contributed by atoms with Crippen LogP contribution in [0.3, 0.4) is 0 Å². The van der Waals surface area contributed by atoms with Crippen LogP contribution in [0.5, 0.6) is 0 Å². The molecule has 1 aromatic heterocycles. The average Bonchev–Trinajstić information content (AvgIpc) is 2.56. The minimum absolute atomic E-state index is 0.0618. The van der Waals surface area contributed by atoms with Gasteiger partial charge in [-0.15, -0.1) is 0 Å². The first kappa shape index (κ1) is 14.6. The van der Waals surface area contributed by atoms with Gasteiger partial charge >= 0.3 is 5.69 Å². The van der Waals surface area contributed by atoms with Crippen LogP contribution in [-0.2, 0) is 11.2 Å². The van der Waals surface area contributed by atoms with Gasteiger partial charge in [-0.05, 0) is 6.07 Å². The molecule has 23 heavy (non-hydrogen) atoms. The molecule has 2 aromatic carbocycles. The van der Waals surface area contributed by atoms with E-state index >= 15 is 0 Å². The zero-order chi connectivity index (χ0) is 16.4. The minimum Gasteiger partial charge on any atom is -0.448 e. The van der Waals surface area contributed by atoms with E-state index in [4.69, 9.17) is 4.42 Å². The quantitative estimate of drug-likeness (QED) is 0.419. The molecule has 0 N–H and O–H groups in total. The maximum atomic E-state index is 12.5. The lowest BCUT2D eigenvalue weighted by Crippen LogP contribution is -2.11.